The standard InChI is InChI=1S/C14H18N2O3S/c1-11-14(12(2)19-16-11)8-9-15-20(17,18)10-13-6-4-3-5-7-13/h3-7,15H,8-10H2,1-2H3. The van der Waals surface area contributed by atoms with Crippen LogP contribution in [0.4, 0.5) is 0 Å². The van der Waals surface area contributed by atoms with Gasteiger partial charge in [-0.05, 0) is 25.8 Å². The summed E-state index contributed by atoms with van der Waals surface area (Å²) in [5, 5.41) is 3.85. The minimum absolute atomic E-state index is 0.00452. The third kappa shape index (κ3) is 3.91. The number of aromatic nitrogens is 1. The molecule has 0 amide bonds. The number of sulfonamides is 1. The van der Waals surface area contributed by atoms with E-state index in [9.17, 15) is 8.42 Å². The molecule has 2 aromatic rings. The van der Waals surface area contributed by atoms with Gasteiger partial charge in [0.2, 0.25) is 10.0 Å². The number of hydrogen-bond donors (Lipinski definition) is 1. The summed E-state index contributed by atoms with van der Waals surface area (Å²) in [4.78, 5) is 0. The molecule has 0 saturated carbocycles. The molecular weight excluding hydrogens is 276 g/mol. The van der Waals surface area contributed by atoms with E-state index < -0.39 is 10.0 Å². The van der Waals surface area contributed by atoms with E-state index in [1.54, 1.807) is 12.1 Å². The molecule has 0 atom stereocenters. The van der Waals surface area contributed by atoms with E-state index in [0.717, 1.165) is 22.6 Å². The van der Waals surface area contributed by atoms with Crippen molar-refractivity contribution in [1.29, 1.82) is 0 Å². The van der Waals surface area contributed by atoms with Crippen LogP contribution >= 0.6 is 0 Å². The largest absolute Gasteiger partial charge is 0.361 e. The van der Waals surface area contributed by atoms with Crippen LogP contribution in [0.25, 0.3) is 0 Å². The van der Waals surface area contributed by atoms with Gasteiger partial charge in [0, 0.05) is 12.1 Å². The molecular formula is C14H18N2O3S. The molecule has 2 rings (SSSR count). The van der Waals surface area contributed by atoms with Crippen molar-refractivity contribution in [2.24, 2.45) is 0 Å². The molecule has 5 nitrogen and oxygen atoms in total. The maximum atomic E-state index is 11.9. The van der Waals surface area contributed by atoms with E-state index in [4.69, 9.17) is 4.52 Å². The quantitative estimate of drug-likeness (QED) is 0.884. The highest BCUT2D eigenvalue weighted by molar-refractivity contribution is 7.88. The molecule has 1 aromatic heterocycles. The summed E-state index contributed by atoms with van der Waals surface area (Å²) in [6.07, 6.45) is 0.579. The SMILES string of the molecule is Cc1noc(C)c1CCNS(=O)(=O)Cc1ccccc1. The van der Waals surface area contributed by atoms with Crippen LogP contribution in [0.3, 0.4) is 0 Å². The van der Waals surface area contributed by atoms with Gasteiger partial charge in [0.25, 0.3) is 0 Å². The van der Waals surface area contributed by atoms with Crippen LogP contribution in [0.5, 0.6) is 0 Å². The lowest BCUT2D eigenvalue weighted by Crippen LogP contribution is -2.27. The van der Waals surface area contributed by atoms with Crippen molar-refractivity contribution in [3.8, 4) is 0 Å². The highest BCUT2D eigenvalue weighted by atomic mass is 32.2. The Kier molecular flexibility index (Phi) is 4.57. The number of benzene rings is 1. The Morgan fingerprint density at radius 2 is 1.90 bits per heavy atom. The topological polar surface area (TPSA) is 72.2 Å². The van der Waals surface area contributed by atoms with Crippen molar-refractivity contribution in [1.82, 2.24) is 9.88 Å². The molecule has 0 aliphatic carbocycles. The van der Waals surface area contributed by atoms with Gasteiger partial charge < -0.3 is 4.52 Å². The van der Waals surface area contributed by atoms with Crippen LogP contribution in [0, 0.1) is 13.8 Å². The first-order chi connectivity index (χ1) is 9.48. The third-order valence-corrected chi connectivity index (χ3v) is 4.44. The Balaban J connectivity index is 1.90. The first-order valence-electron chi connectivity index (χ1n) is 6.41. The van der Waals surface area contributed by atoms with Crippen molar-refractivity contribution in [3.63, 3.8) is 0 Å². The first-order valence-corrected chi connectivity index (χ1v) is 8.06. The first kappa shape index (κ1) is 14.7. The lowest BCUT2D eigenvalue weighted by Gasteiger charge is -2.06. The zero-order valence-electron chi connectivity index (χ0n) is 11.6. The van der Waals surface area contributed by atoms with E-state index >= 15 is 0 Å². The zero-order chi connectivity index (χ0) is 14.6. The predicted molar refractivity (Wildman–Crippen MR) is 76.7 cm³/mol. The average molecular weight is 294 g/mol. The van der Waals surface area contributed by atoms with Crippen molar-refractivity contribution in [3.05, 3.63) is 52.9 Å². The van der Waals surface area contributed by atoms with Gasteiger partial charge in [-0.2, -0.15) is 0 Å². The number of nitrogens with zero attached hydrogens (tertiary/aromatic N) is 1. The predicted octanol–water partition coefficient (Wildman–Crippen LogP) is 1.95. The summed E-state index contributed by atoms with van der Waals surface area (Å²) in [6.45, 7) is 4.02. The summed E-state index contributed by atoms with van der Waals surface area (Å²) in [5.41, 5.74) is 2.55. The fraction of sp³-hybridized carbons (Fsp3) is 0.357. The summed E-state index contributed by atoms with van der Waals surface area (Å²) >= 11 is 0. The monoisotopic (exact) mass is 294 g/mol. The highest BCUT2D eigenvalue weighted by Crippen LogP contribution is 2.12. The number of rotatable bonds is 6. The van der Waals surface area contributed by atoms with E-state index in [0.29, 0.717) is 13.0 Å². The van der Waals surface area contributed by atoms with Gasteiger partial charge in [-0.1, -0.05) is 35.5 Å². The molecule has 0 aliphatic rings. The Bertz CT molecular complexity index is 643. The van der Waals surface area contributed by atoms with Gasteiger partial charge in [0.1, 0.15) is 5.76 Å². The second-order valence-electron chi connectivity index (χ2n) is 4.69. The molecule has 0 spiro atoms. The second-order valence-corrected chi connectivity index (χ2v) is 6.50. The van der Waals surface area contributed by atoms with Gasteiger partial charge in [-0.25, -0.2) is 13.1 Å². The summed E-state index contributed by atoms with van der Waals surface area (Å²) in [7, 11) is -3.31. The second kappa shape index (κ2) is 6.19. The van der Waals surface area contributed by atoms with Gasteiger partial charge in [-0.3, -0.25) is 0 Å². The highest BCUT2D eigenvalue weighted by Gasteiger charge is 2.13. The summed E-state index contributed by atoms with van der Waals surface area (Å²) in [6, 6.07) is 9.12. The van der Waals surface area contributed by atoms with Crippen molar-refractivity contribution < 1.29 is 12.9 Å². The number of aryl methyl sites for hydroxylation is 2. The van der Waals surface area contributed by atoms with E-state index in [1.807, 2.05) is 32.0 Å². The fourth-order valence-corrected chi connectivity index (χ4v) is 3.18. The maximum Gasteiger partial charge on any atom is 0.215 e. The molecule has 0 aliphatic heterocycles. The molecule has 108 valence electrons. The summed E-state index contributed by atoms with van der Waals surface area (Å²) in [5.74, 6) is 0.736. The molecule has 20 heavy (non-hydrogen) atoms. The van der Waals surface area contributed by atoms with Crippen LogP contribution in [-0.2, 0) is 22.2 Å². The lowest BCUT2D eigenvalue weighted by atomic mass is 10.1. The molecule has 0 saturated heterocycles. The average Bonchev–Trinajstić information content (AvgIpc) is 2.71. The molecule has 1 aromatic carbocycles. The van der Waals surface area contributed by atoms with Crippen LogP contribution in [-0.4, -0.2) is 20.1 Å². The van der Waals surface area contributed by atoms with Crippen LogP contribution < -0.4 is 4.72 Å². The number of nitrogens with one attached hydrogen (secondary N) is 1. The lowest BCUT2D eigenvalue weighted by molar-refractivity contribution is 0.392. The molecule has 0 fully saturated rings. The Morgan fingerprint density at radius 1 is 1.20 bits per heavy atom. The molecule has 1 heterocycles. The van der Waals surface area contributed by atoms with E-state index in [-0.39, 0.29) is 5.75 Å². The van der Waals surface area contributed by atoms with Gasteiger partial charge in [0.05, 0.1) is 11.4 Å². The third-order valence-electron chi connectivity index (χ3n) is 3.08. The van der Waals surface area contributed by atoms with E-state index in [1.165, 1.54) is 0 Å². The van der Waals surface area contributed by atoms with Crippen molar-refractivity contribution in [2.75, 3.05) is 6.54 Å². The minimum Gasteiger partial charge on any atom is -0.361 e. The van der Waals surface area contributed by atoms with E-state index in [2.05, 4.69) is 9.88 Å². The normalized spacial score (nSPS) is 11.7. The fourth-order valence-electron chi connectivity index (χ4n) is 2.04. The van der Waals surface area contributed by atoms with Crippen LogP contribution in [0.2, 0.25) is 0 Å². The molecule has 1 N–H and O–H groups in total. The van der Waals surface area contributed by atoms with Gasteiger partial charge in [-0.15, -0.1) is 0 Å². The maximum absolute atomic E-state index is 11.9. The molecule has 0 bridgehead atoms. The van der Waals surface area contributed by atoms with Crippen molar-refractivity contribution >= 4 is 10.0 Å². The van der Waals surface area contributed by atoms with Crippen LogP contribution in [0.1, 0.15) is 22.6 Å². The van der Waals surface area contributed by atoms with Gasteiger partial charge >= 0.3 is 0 Å². The number of hydrogen-bond acceptors (Lipinski definition) is 4. The Hall–Kier alpha value is -1.66. The summed E-state index contributed by atoms with van der Waals surface area (Å²) < 4.78 is 31.5. The van der Waals surface area contributed by atoms with Gasteiger partial charge in [0.15, 0.2) is 0 Å². The van der Waals surface area contributed by atoms with Crippen molar-refractivity contribution in [2.45, 2.75) is 26.0 Å². The zero-order valence-corrected chi connectivity index (χ0v) is 12.4. The van der Waals surface area contributed by atoms with Crippen LogP contribution in [0.15, 0.2) is 34.9 Å². The molecule has 0 unspecified atom stereocenters. The molecule has 0 radical (unpaired) electrons. The minimum atomic E-state index is -3.31. The smallest absolute Gasteiger partial charge is 0.215 e. The molecule has 6 heteroatoms. The Morgan fingerprint density at radius 3 is 2.50 bits per heavy atom. The Labute approximate surface area is 119 Å².